The molecule has 0 aromatic heterocycles. The first kappa shape index (κ1) is 11.7. The molecular formula is C12H22N2O2. The Balaban J connectivity index is 1.73. The highest BCUT2D eigenvalue weighted by molar-refractivity contribution is 5.67. The molecule has 2 fully saturated rings. The lowest BCUT2D eigenvalue weighted by Crippen LogP contribution is -2.58. The Labute approximate surface area is 97.3 Å². The monoisotopic (exact) mass is 226 g/mol. The number of hydrogen-bond acceptors (Lipinski definition) is 3. The molecule has 2 rings (SSSR count). The van der Waals surface area contributed by atoms with Gasteiger partial charge in [0.2, 0.25) is 0 Å². The molecule has 0 atom stereocenters. The topological polar surface area (TPSA) is 41.6 Å². The molecule has 0 unspecified atom stereocenters. The number of carbonyl (C=O) groups is 1. The summed E-state index contributed by atoms with van der Waals surface area (Å²) in [5.41, 5.74) is 0.495. The number of likely N-dealkylation sites (tertiary alicyclic amines) is 1. The second kappa shape index (κ2) is 4.62. The fraction of sp³-hybridized carbons (Fsp3) is 0.917. The number of rotatable bonds is 2. The number of piperidine rings is 1. The van der Waals surface area contributed by atoms with Crippen LogP contribution in [0.3, 0.4) is 0 Å². The van der Waals surface area contributed by atoms with Gasteiger partial charge in [-0.1, -0.05) is 13.8 Å². The molecule has 4 heteroatoms. The Kier molecular flexibility index (Phi) is 3.38. The summed E-state index contributed by atoms with van der Waals surface area (Å²) in [6, 6.07) is 0. The van der Waals surface area contributed by atoms with Crippen LogP contribution in [0.4, 0.5) is 4.79 Å². The molecule has 0 aromatic carbocycles. The number of nitrogens with zero attached hydrogens (tertiary/aromatic N) is 1. The maximum Gasteiger partial charge on any atom is 0.409 e. The summed E-state index contributed by atoms with van der Waals surface area (Å²) in [6.07, 6.45) is 2.11. The Morgan fingerprint density at radius 2 is 2.00 bits per heavy atom. The maximum atomic E-state index is 11.7. The molecule has 0 bridgehead atoms. The van der Waals surface area contributed by atoms with Gasteiger partial charge in [0.25, 0.3) is 0 Å². The lowest BCUT2D eigenvalue weighted by molar-refractivity contribution is 0.0374. The van der Waals surface area contributed by atoms with Crippen molar-refractivity contribution in [2.24, 2.45) is 11.3 Å². The van der Waals surface area contributed by atoms with E-state index in [-0.39, 0.29) is 6.09 Å². The van der Waals surface area contributed by atoms with E-state index in [9.17, 15) is 4.79 Å². The van der Waals surface area contributed by atoms with E-state index in [0.29, 0.717) is 17.9 Å². The van der Waals surface area contributed by atoms with Crippen LogP contribution in [0.2, 0.25) is 0 Å². The van der Waals surface area contributed by atoms with Gasteiger partial charge in [-0.2, -0.15) is 0 Å². The van der Waals surface area contributed by atoms with Crippen molar-refractivity contribution in [3.05, 3.63) is 0 Å². The lowest BCUT2D eigenvalue weighted by Gasteiger charge is -2.48. The van der Waals surface area contributed by atoms with Crippen molar-refractivity contribution in [3.63, 3.8) is 0 Å². The highest BCUT2D eigenvalue weighted by Gasteiger charge is 2.40. The van der Waals surface area contributed by atoms with E-state index in [2.05, 4.69) is 19.2 Å². The number of nitrogens with one attached hydrogen (secondary N) is 1. The van der Waals surface area contributed by atoms with Gasteiger partial charge in [-0.25, -0.2) is 4.79 Å². The Morgan fingerprint density at radius 1 is 1.38 bits per heavy atom. The van der Waals surface area contributed by atoms with Crippen LogP contribution >= 0.6 is 0 Å². The van der Waals surface area contributed by atoms with E-state index in [1.54, 1.807) is 0 Å². The molecule has 2 heterocycles. The molecule has 0 aliphatic carbocycles. The third-order valence-electron chi connectivity index (χ3n) is 3.62. The second-order valence-corrected chi connectivity index (χ2v) is 5.56. The van der Waals surface area contributed by atoms with Gasteiger partial charge >= 0.3 is 6.09 Å². The van der Waals surface area contributed by atoms with E-state index >= 15 is 0 Å². The van der Waals surface area contributed by atoms with Crippen LogP contribution in [0.1, 0.15) is 26.7 Å². The zero-order valence-electron chi connectivity index (χ0n) is 10.3. The van der Waals surface area contributed by atoms with Crippen LogP contribution in [0.15, 0.2) is 0 Å². The molecule has 0 saturated carbocycles. The van der Waals surface area contributed by atoms with Crippen LogP contribution in [-0.4, -0.2) is 43.8 Å². The first-order chi connectivity index (χ1) is 7.61. The molecule has 1 amide bonds. The van der Waals surface area contributed by atoms with Crippen molar-refractivity contribution in [3.8, 4) is 0 Å². The molecule has 4 nitrogen and oxygen atoms in total. The molecule has 16 heavy (non-hydrogen) atoms. The minimum absolute atomic E-state index is 0.129. The first-order valence-electron chi connectivity index (χ1n) is 6.24. The molecule has 1 N–H and O–H groups in total. The van der Waals surface area contributed by atoms with E-state index < -0.39 is 0 Å². The van der Waals surface area contributed by atoms with Gasteiger partial charge in [-0.05, 0) is 24.2 Å². The highest BCUT2D eigenvalue weighted by Crippen LogP contribution is 2.34. The second-order valence-electron chi connectivity index (χ2n) is 5.56. The summed E-state index contributed by atoms with van der Waals surface area (Å²) in [6.45, 7) is 8.61. The average molecular weight is 226 g/mol. The van der Waals surface area contributed by atoms with Crippen molar-refractivity contribution in [1.82, 2.24) is 10.2 Å². The molecule has 92 valence electrons. The van der Waals surface area contributed by atoms with Crippen LogP contribution in [0.25, 0.3) is 0 Å². The summed E-state index contributed by atoms with van der Waals surface area (Å²) < 4.78 is 5.23. The number of carbonyl (C=O) groups excluding carboxylic acids is 1. The predicted octanol–water partition coefficient (Wildman–Crippen LogP) is 1.46. The summed E-state index contributed by atoms with van der Waals surface area (Å²) in [5, 5.41) is 3.32. The van der Waals surface area contributed by atoms with Crippen molar-refractivity contribution in [2.75, 3.05) is 32.8 Å². The predicted molar refractivity (Wildman–Crippen MR) is 62.3 cm³/mol. The van der Waals surface area contributed by atoms with Crippen LogP contribution in [0, 0.1) is 11.3 Å². The summed E-state index contributed by atoms with van der Waals surface area (Å²) in [7, 11) is 0. The van der Waals surface area contributed by atoms with Crippen molar-refractivity contribution >= 4 is 6.09 Å². The van der Waals surface area contributed by atoms with Crippen molar-refractivity contribution in [1.29, 1.82) is 0 Å². The Hall–Kier alpha value is -0.770. The van der Waals surface area contributed by atoms with E-state index in [0.717, 1.165) is 39.0 Å². The zero-order chi connectivity index (χ0) is 11.6. The number of amides is 1. The van der Waals surface area contributed by atoms with Gasteiger partial charge in [0.1, 0.15) is 0 Å². The largest absolute Gasteiger partial charge is 0.449 e. The van der Waals surface area contributed by atoms with E-state index in [1.807, 2.05) is 4.90 Å². The molecule has 2 aliphatic heterocycles. The van der Waals surface area contributed by atoms with E-state index in [1.165, 1.54) is 0 Å². The van der Waals surface area contributed by atoms with Gasteiger partial charge in [-0.3, -0.25) is 0 Å². The Morgan fingerprint density at radius 3 is 2.44 bits per heavy atom. The normalized spacial score (nSPS) is 23.3. The van der Waals surface area contributed by atoms with Gasteiger partial charge < -0.3 is 15.0 Å². The first-order valence-corrected chi connectivity index (χ1v) is 6.24. The highest BCUT2D eigenvalue weighted by atomic mass is 16.6. The fourth-order valence-corrected chi connectivity index (χ4v) is 2.32. The van der Waals surface area contributed by atoms with Crippen LogP contribution in [-0.2, 0) is 4.74 Å². The summed E-state index contributed by atoms with van der Waals surface area (Å²) >= 11 is 0. The molecule has 2 saturated heterocycles. The van der Waals surface area contributed by atoms with E-state index in [4.69, 9.17) is 4.74 Å². The van der Waals surface area contributed by atoms with Crippen LogP contribution < -0.4 is 5.32 Å². The average Bonchev–Trinajstić information content (AvgIpc) is 2.24. The maximum absolute atomic E-state index is 11.7. The van der Waals surface area contributed by atoms with Gasteiger partial charge in [0.15, 0.2) is 0 Å². The smallest absolute Gasteiger partial charge is 0.409 e. The van der Waals surface area contributed by atoms with Gasteiger partial charge in [-0.15, -0.1) is 0 Å². The molecule has 0 radical (unpaired) electrons. The molecular weight excluding hydrogens is 204 g/mol. The van der Waals surface area contributed by atoms with Gasteiger partial charge in [0, 0.05) is 26.2 Å². The Bertz CT molecular complexity index is 252. The van der Waals surface area contributed by atoms with Crippen molar-refractivity contribution < 1.29 is 9.53 Å². The lowest BCUT2D eigenvalue weighted by atomic mass is 9.73. The minimum atomic E-state index is -0.129. The summed E-state index contributed by atoms with van der Waals surface area (Å²) in [4.78, 5) is 13.6. The zero-order valence-corrected chi connectivity index (χ0v) is 10.3. The fourth-order valence-electron chi connectivity index (χ4n) is 2.32. The number of hydrogen-bond donors (Lipinski definition) is 1. The quantitative estimate of drug-likeness (QED) is 0.775. The van der Waals surface area contributed by atoms with Gasteiger partial charge in [0.05, 0.1) is 6.61 Å². The number of ether oxygens (including phenoxy) is 1. The third-order valence-corrected chi connectivity index (χ3v) is 3.62. The summed E-state index contributed by atoms with van der Waals surface area (Å²) in [5.74, 6) is 0.413. The van der Waals surface area contributed by atoms with Crippen molar-refractivity contribution in [2.45, 2.75) is 26.7 Å². The third kappa shape index (κ3) is 2.48. The molecule has 1 spiro atoms. The standard InChI is InChI=1S/C12H22N2O2/c1-10(2)7-16-11(15)14-5-3-12(4-6-14)8-13-9-12/h10,13H,3-9H2,1-2H3. The van der Waals surface area contributed by atoms with Crippen LogP contribution in [0.5, 0.6) is 0 Å². The molecule has 0 aromatic rings. The molecule has 2 aliphatic rings. The minimum Gasteiger partial charge on any atom is -0.449 e. The SMILES string of the molecule is CC(C)COC(=O)N1CCC2(CC1)CNC2.